The zero-order chi connectivity index (χ0) is 15.4. The highest BCUT2D eigenvalue weighted by Gasteiger charge is 2.23. The Bertz CT molecular complexity index is 649. The van der Waals surface area contributed by atoms with Crippen LogP contribution in [0, 0.1) is 0 Å². The predicted octanol–water partition coefficient (Wildman–Crippen LogP) is 3.02. The van der Waals surface area contributed by atoms with E-state index in [-0.39, 0.29) is 5.78 Å². The molecule has 2 aromatic rings. The molecule has 0 saturated carbocycles. The first-order valence-corrected chi connectivity index (χ1v) is 7.85. The molecule has 3 rings (SSSR count). The molecule has 0 N–H and O–H groups in total. The van der Waals surface area contributed by atoms with Gasteiger partial charge >= 0.3 is 0 Å². The molecule has 1 fully saturated rings. The Morgan fingerprint density at radius 2 is 1.36 bits per heavy atom. The van der Waals surface area contributed by atoms with E-state index in [1.807, 2.05) is 53.4 Å². The predicted molar refractivity (Wildman–Crippen MR) is 93.6 cm³/mol. The maximum atomic E-state index is 12.4. The van der Waals surface area contributed by atoms with Crippen LogP contribution in [0.3, 0.4) is 0 Å². The van der Waals surface area contributed by atoms with Crippen molar-refractivity contribution in [3.05, 3.63) is 66.2 Å². The van der Waals surface area contributed by atoms with Crippen LogP contribution in [-0.4, -0.2) is 41.9 Å². The van der Waals surface area contributed by atoms with Crippen LogP contribution in [-0.2, 0) is 0 Å². The number of carbonyl (C=O) groups excluding carboxylic acids is 1. The highest BCUT2D eigenvalue weighted by molar-refractivity contribution is 7.82. The third-order valence-corrected chi connectivity index (χ3v) is 4.36. The van der Waals surface area contributed by atoms with Gasteiger partial charge in [-0.05, 0) is 12.1 Å². The number of piperazine rings is 1. The molecule has 4 heteroatoms. The summed E-state index contributed by atoms with van der Waals surface area (Å²) in [6, 6.07) is 19.6. The second-order valence-corrected chi connectivity index (χ2v) is 5.70. The largest absolute Gasteiger partial charge is 0.368 e. The van der Waals surface area contributed by atoms with Crippen LogP contribution in [0.15, 0.2) is 60.7 Å². The molecule has 0 spiro atoms. The minimum atomic E-state index is -0.0521. The molecule has 112 valence electrons. The molecule has 1 aliphatic heterocycles. The molecule has 1 saturated heterocycles. The van der Waals surface area contributed by atoms with Crippen molar-refractivity contribution >= 4 is 28.7 Å². The van der Waals surface area contributed by atoms with Gasteiger partial charge in [0, 0.05) is 37.4 Å². The lowest BCUT2D eigenvalue weighted by molar-refractivity contribution is 0.105. The van der Waals surface area contributed by atoms with Crippen LogP contribution >= 0.6 is 12.2 Å². The fourth-order valence-electron chi connectivity index (χ4n) is 2.66. The SMILES string of the molecule is O=C(C(=S)N1CCN(c2ccccc2)CC1)c1ccccc1. The number of ketones is 1. The van der Waals surface area contributed by atoms with Gasteiger partial charge in [-0.25, -0.2) is 0 Å². The summed E-state index contributed by atoms with van der Waals surface area (Å²) in [5.41, 5.74) is 1.89. The van der Waals surface area contributed by atoms with Crippen LogP contribution < -0.4 is 4.90 Å². The number of nitrogens with zero attached hydrogens (tertiary/aromatic N) is 2. The van der Waals surface area contributed by atoms with Crippen LogP contribution in [0.1, 0.15) is 10.4 Å². The summed E-state index contributed by atoms with van der Waals surface area (Å²) in [6.45, 7) is 3.33. The van der Waals surface area contributed by atoms with E-state index in [0.717, 1.165) is 26.2 Å². The van der Waals surface area contributed by atoms with Crippen molar-refractivity contribution in [2.75, 3.05) is 31.1 Å². The van der Waals surface area contributed by atoms with E-state index >= 15 is 0 Å². The van der Waals surface area contributed by atoms with Gasteiger partial charge in [0.15, 0.2) is 4.99 Å². The Labute approximate surface area is 136 Å². The first-order chi connectivity index (χ1) is 10.8. The Balaban J connectivity index is 1.62. The summed E-state index contributed by atoms with van der Waals surface area (Å²) >= 11 is 5.39. The number of carbonyl (C=O) groups is 1. The van der Waals surface area contributed by atoms with Crippen molar-refractivity contribution in [1.82, 2.24) is 4.90 Å². The van der Waals surface area contributed by atoms with Gasteiger partial charge in [0.05, 0.1) is 0 Å². The van der Waals surface area contributed by atoms with E-state index in [1.165, 1.54) is 5.69 Å². The van der Waals surface area contributed by atoms with Crippen molar-refractivity contribution in [3.63, 3.8) is 0 Å². The van der Waals surface area contributed by atoms with Gasteiger partial charge in [-0.2, -0.15) is 0 Å². The fraction of sp³-hybridized carbons (Fsp3) is 0.222. The van der Waals surface area contributed by atoms with E-state index in [2.05, 4.69) is 17.0 Å². The first kappa shape index (κ1) is 14.7. The number of benzene rings is 2. The van der Waals surface area contributed by atoms with Gasteiger partial charge in [0.1, 0.15) is 0 Å². The summed E-state index contributed by atoms with van der Waals surface area (Å²) in [5.74, 6) is -0.0521. The molecule has 1 aliphatic rings. The van der Waals surface area contributed by atoms with Gasteiger partial charge in [-0.15, -0.1) is 0 Å². The van der Waals surface area contributed by atoms with Gasteiger partial charge in [0.2, 0.25) is 5.78 Å². The molecule has 0 unspecified atom stereocenters. The molecule has 0 bridgehead atoms. The third-order valence-electron chi connectivity index (χ3n) is 3.92. The zero-order valence-electron chi connectivity index (χ0n) is 12.3. The van der Waals surface area contributed by atoms with E-state index in [0.29, 0.717) is 10.6 Å². The van der Waals surface area contributed by atoms with Gasteiger partial charge in [-0.1, -0.05) is 60.7 Å². The lowest BCUT2D eigenvalue weighted by Gasteiger charge is -2.37. The Morgan fingerprint density at radius 1 is 0.818 bits per heavy atom. The van der Waals surface area contributed by atoms with Gasteiger partial charge in [-0.3, -0.25) is 4.79 Å². The van der Waals surface area contributed by atoms with Crippen LogP contribution in [0.25, 0.3) is 0 Å². The van der Waals surface area contributed by atoms with Crippen molar-refractivity contribution in [1.29, 1.82) is 0 Å². The molecule has 0 radical (unpaired) electrons. The smallest absolute Gasteiger partial charge is 0.220 e. The van der Waals surface area contributed by atoms with E-state index in [4.69, 9.17) is 12.2 Å². The highest BCUT2D eigenvalue weighted by Crippen LogP contribution is 2.16. The van der Waals surface area contributed by atoms with E-state index < -0.39 is 0 Å². The quantitative estimate of drug-likeness (QED) is 0.642. The Hall–Kier alpha value is -2.20. The number of anilines is 1. The maximum Gasteiger partial charge on any atom is 0.220 e. The monoisotopic (exact) mass is 310 g/mol. The number of hydrogen-bond acceptors (Lipinski definition) is 3. The van der Waals surface area contributed by atoms with Crippen molar-refractivity contribution < 1.29 is 4.79 Å². The van der Waals surface area contributed by atoms with Crippen molar-refractivity contribution in [2.24, 2.45) is 0 Å². The summed E-state index contributed by atoms with van der Waals surface area (Å²) < 4.78 is 0. The summed E-state index contributed by atoms with van der Waals surface area (Å²) in [6.07, 6.45) is 0. The summed E-state index contributed by atoms with van der Waals surface area (Å²) in [4.78, 5) is 17.2. The summed E-state index contributed by atoms with van der Waals surface area (Å²) in [5, 5.41) is 0. The van der Waals surface area contributed by atoms with Crippen LogP contribution in [0.5, 0.6) is 0 Å². The molecule has 3 nitrogen and oxygen atoms in total. The number of rotatable bonds is 3. The first-order valence-electron chi connectivity index (χ1n) is 7.44. The molecule has 22 heavy (non-hydrogen) atoms. The average Bonchev–Trinajstić information content (AvgIpc) is 2.62. The minimum absolute atomic E-state index is 0.0521. The van der Waals surface area contributed by atoms with Crippen molar-refractivity contribution in [3.8, 4) is 0 Å². The molecule has 2 aromatic carbocycles. The molecule has 0 aromatic heterocycles. The molecule has 0 atom stereocenters. The standard InChI is InChI=1S/C18H18N2OS/c21-17(15-7-3-1-4-8-15)18(22)20-13-11-19(12-14-20)16-9-5-2-6-10-16/h1-10H,11-14H2. The topological polar surface area (TPSA) is 23.6 Å². The molecular weight excluding hydrogens is 292 g/mol. The number of para-hydroxylation sites is 1. The van der Waals surface area contributed by atoms with Gasteiger partial charge in [0.25, 0.3) is 0 Å². The van der Waals surface area contributed by atoms with Crippen molar-refractivity contribution in [2.45, 2.75) is 0 Å². The zero-order valence-corrected chi connectivity index (χ0v) is 13.1. The third kappa shape index (κ3) is 3.17. The molecule has 0 aliphatic carbocycles. The summed E-state index contributed by atoms with van der Waals surface area (Å²) in [7, 11) is 0. The molecular formula is C18H18N2OS. The Kier molecular flexibility index (Phi) is 4.49. The number of Topliss-reactive ketones (excluding diaryl/α,β-unsaturated/α-hetero) is 1. The number of hydrogen-bond donors (Lipinski definition) is 0. The molecule has 0 amide bonds. The van der Waals surface area contributed by atoms with Crippen LogP contribution in [0.2, 0.25) is 0 Å². The second kappa shape index (κ2) is 6.71. The lowest BCUT2D eigenvalue weighted by atomic mass is 10.1. The van der Waals surface area contributed by atoms with Crippen LogP contribution in [0.4, 0.5) is 5.69 Å². The minimum Gasteiger partial charge on any atom is -0.368 e. The maximum absolute atomic E-state index is 12.4. The average molecular weight is 310 g/mol. The second-order valence-electron chi connectivity index (χ2n) is 5.31. The van der Waals surface area contributed by atoms with Gasteiger partial charge < -0.3 is 9.80 Å². The van der Waals surface area contributed by atoms with E-state index in [1.54, 1.807) is 0 Å². The normalized spacial score (nSPS) is 14.7. The number of thiocarbonyl (C=S) groups is 1. The highest BCUT2D eigenvalue weighted by atomic mass is 32.1. The fourth-order valence-corrected chi connectivity index (χ4v) is 2.96. The van der Waals surface area contributed by atoms with E-state index in [9.17, 15) is 4.79 Å². The lowest BCUT2D eigenvalue weighted by Crippen LogP contribution is -2.50. The Morgan fingerprint density at radius 3 is 1.95 bits per heavy atom. The molecule has 1 heterocycles.